The summed E-state index contributed by atoms with van der Waals surface area (Å²) in [6, 6.07) is 8.90. The number of hydrogen-bond acceptors (Lipinski definition) is 7. The highest BCUT2D eigenvalue weighted by molar-refractivity contribution is 5.88. The average Bonchev–Trinajstić information content (AvgIpc) is 3.34. The van der Waals surface area contributed by atoms with Crippen molar-refractivity contribution in [2.75, 3.05) is 26.7 Å². The number of amides is 3. The molecule has 4 rings (SSSR count). The van der Waals surface area contributed by atoms with E-state index in [1.807, 2.05) is 37.3 Å². The van der Waals surface area contributed by atoms with Gasteiger partial charge in [-0.15, -0.1) is 0 Å². The molecule has 0 unspecified atom stereocenters. The Kier molecular flexibility index (Phi) is 10.3. The number of esters is 1. The molecule has 1 aromatic carbocycles. The lowest BCUT2D eigenvalue weighted by Gasteiger charge is -2.36. The zero-order valence-electron chi connectivity index (χ0n) is 23.5. The maximum atomic E-state index is 13.6. The van der Waals surface area contributed by atoms with Crippen molar-refractivity contribution in [3.63, 3.8) is 0 Å². The molecule has 11 nitrogen and oxygen atoms in total. The molecule has 1 fully saturated rings. The van der Waals surface area contributed by atoms with Crippen LogP contribution < -0.4 is 5.32 Å². The third-order valence-corrected chi connectivity index (χ3v) is 7.60. The largest absolute Gasteiger partial charge is 0.469 e. The zero-order chi connectivity index (χ0) is 28.5. The van der Waals surface area contributed by atoms with E-state index >= 15 is 0 Å². The van der Waals surface area contributed by atoms with Crippen LogP contribution in [0.15, 0.2) is 30.3 Å². The molecule has 2 aliphatic heterocycles. The van der Waals surface area contributed by atoms with Crippen LogP contribution in [0.1, 0.15) is 74.6 Å². The Balaban J connectivity index is 1.62. The van der Waals surface area contributed by atoms with Gasteiger partial charge in [0.1, 0.15) is 17.7 Å². The number of fused-ring (bicyclic) bond motifs is 2. The SMILES string of the molecule is COC(=O)CCCC(=O)N1CCCC(=O)N2CCCC[C@H]2C(=O)N[C@H](Cc2ccccc2)c2nc(C)nn2CC1. The Bertz CT molecular complexity index is 1180. The number of piperidine rings is 1. The first-order chi connectivity index (χ1) is 19.4. The molecule has 216 valence electrons. The molecule has 1 N–H and O–H groups in total. The predicted octanol–water partition coefficient (Wildman–Crippen LogP) is 2.33. The van der Waals surface area contributed by atoms with Crippen LogP contribution >= 0.6 is 0 Å². The normalized spacial score (nSPS) is 20.6. The second-order valence-corrected chi connectivity index (χ2v) is 10.5. The second-order valence-electron chi connectivity index (χ2n) is 10.5. The van der Waals surface area contributed by atoms with E-state index in [0.717, 1.165) is 18.4 Å². The van der Waals surface area contributed by atoms with Crippen molar-refractivity contribution >= 4 is 23.7 Å². The molecule has 40 heavy (non-hydrogen) atoms. The summed E-state index contributed by atoms with van der Waals surface area (Å²) < 4.78 is 6.48. The van der Waals surface area contributed by atoms with E-state index in [1.54, 1.807) is 14.5 Å². The van der Waals surface area contributed by atoms with E-state index in [4.69, 9.17) is 9.72 Å². The van der Waals surface area contributed by atoms with Crippen LogP contribution in [0.25, 0.3) is 0 Å². The molecule has 11 heteroatoms. The van der Waals surface area contributed by atoms with Gasteiger partial charge in [-0.1, -0.05) is 30.3 Å². The van der Waals surface area contributed by atoms with Gasteiger partial charge in [0.05, 0.1) is 19.7 Å². The molecule has 1 saturated heterocycles. The Labute approximate surface area is 235 Å². The topological polar surface area (TPSA) is 127 Å². The summed E-state index contributed by atoms with van der Waals surface area (Å²) in [5.41, 5.74) is 1.04. The first-order valence-electron chi connectivity index (χ1n) is 14.3. The molecule has 2 atom stereocenters. The Hall–Kier alpha value is -3.76. The van der Waals surface area contributed by atoms with Crippen molar-refractivity contribution in [1.29, 1.82) is 0 Å². The lowest BCUT2D eigenvalue weighted by molar-refractivity contribution is -0.143. The fourth-order valence-electron chi connectivity index (χ4n) is 5.51. The Morgan fingerprint density at radius 2 is 1.82 bits per heavy atom. The maximum absolute atomic E-state index is 13.6. The van der Waals surface area contributed by atoms with Gasteiger partial charge in [0.2, 0.25) is 17.7 Å². The van der Waals surface area contributed by atoms with E-state index in [2.05, 4.69) is 10.4 Å². The number of nitrogens with zero attached hydrogens (tertiary/aromatic N) is 5. The number of ether oxygens (including phenoxy) is 1. The molecule has 0 saturated carbocycles. The van der Waals surface area contributed by atoms with Crippen molar-refractivity contribution in [3.05, 3.63) is 47.5 Å². The highest BCUT2D eigenvalue weighted by atomic mass is 16.5. The fourth-order valence-corrected chi connectivity index (χ4v) is 5.51. The van der Waals surface area contributed by atoms with E-state index in [1.165, 1.54) is 7.11 Å². The fraction of sp³-hybridized carbons (Fsp3) is 0.586. The van der Waals surface area contributed by atoms with Crippen molar-refractivity contribution in [1.82, 2.24) is 29.9 Å². The summed E-state index contributed by atoms with van der Waals surface area (Å²) >= 11 is 0. The minimum Gasteiger partial charge on any atom is -0.469 e. The first-order valence-corrected chi connectivity index (χ1v) is 14.3. The van der Waals surface area contributed by atoms with Gasteiger partial charge in [0.15, 0.2) is 0 Å². The first kappa shape index (κ1) is 29.2. The summed E-state index contributed by atoms with van der Waals surface area (Å²) in [6.45, 7) is 3.53. The molecule has 2 aromatic rings. The zero-order valence-corrected chi connectivity index (χ0v) is 23.5. The van der Waals surface area contributed by atoms with Crippen LogP contribution in [0.2, 0.25) is 0 Å². The van der Waals surface area contributed by atoms with Crippen molar-refractivity contribution in [2.45, 2.75) is 83.3 Å². The Morgan fingerprint density at radius 1 is 1.02 bits per heavy atom. The number of methoxy groups -OCH3 is 1. The van der Waals surface area contributed by atoms with E-state index in [0.29, 0.717) is 63.5 Å². The third-order valence-electron chi connectivity index (χ3n) is 7.60. The van der Waals surface area contributed by atoms with Crippen molar-refractivity contribution in [3.8, 4) is 0 Å². The minimum atomic E-state index is -0.531. The van der Waals surface area contributed by atoms with Gasteiger partial charge in [0.25, 0.3) is 0 Å². The number of aryl methyl sites for hydroxylation is 1. The van der Waals surface area contributed by atoms with Crippen molar-refractivity contribution in [2.24, 2.45) is 0 Å². The minimum absolute atomic E-state index is 0.0615. The number of carbonyl (C=O) groups excluding carboxylic acids is 4. The number of rotatable bonds is 6. The molecule has 3 heterocycles. The molecular formula is C29H40N6O5. The molecule has 0 aliphatic carbocycles. The molecule has 0 radical (unpaired) electrons. The number of nitrogens with one attached hydrogen (secondary N) is 1. The molecule has 0 bridgehead atoms. The highest BCUT2D eigenvalue weighted by Gasteiger charge is 2.34. The number of hydrogen-bond donors (Lipinski definition) is 1. The van der Waals surface area contributed by atoms with Gasteiger partial charge in [-0.05, 0) is 51.0 Å². The molecular weight excluding hydrogens is 512 g/mol. The summed E-state index contributed by atoms with van der Waals surface area (Å²) in [6.07, 6.45) is 4.42. The second kappa shape index (κ2) is 14.0. The van der Waals surface area contributed by atoms with Crippen molar-refractivity contribution < 1.29 is 23.9 Å². The third kappa shape index (κ3) is 7.67. The van der Waals surface area contributed by atoms with Crippen LogP contribution in [-0.4, -0.2) is 81.0 Å². The summed E-state index contributed by atoms with van der Waals surface area (Å²) in [5, 5.41) is 7.82. The maximum Gasteiger partial charge on any atom is 0.305 e. The standard InChI is InChI=1S/C29H40N6O5/c1-21-30-28-23(20-22-10-4-3-5-11-22)31-29(39)24-12-6-7-17-34(24)26(37)14-9-16-33(18-19-35(28)32-21)25(36)13-8-15-27(38)40-2/h3-5,10-11,23-24H,6-9,12-20H2,1-2H3,(H,31,39)/t23-,24+/m1/s1. The number of benzene rings is 1. The van der Waals surface area contributed by atoms with Gasteiger partial charge in [0, 0.05) is 38.9 Å². The Morgan fingerprint density at radius 3 is 2.60 bits per heavy atom. The summed E-state index contributed by atoms with van der Waals surface area (Å²) in [7, 11) is 1.33. The van der Waals surface area contributed by atoms with Gasteiger partial charge in [-0.25, -0.2) is 9.67 Å². The van der Waals surface area contributed by atoms with Gasteiger partial charge < -0.3 is 19.9 Å². The number of aromatic nitrogens is 3. The van der Waals surface area contributed by atoms with E-state index in [9.17, 15) is 19.2 Å². The number of carbonyl (C=O) groups is 4. The molecule has 2 aliphatic rings. The summed E-state index contributed by atoms with van der Waals surface area (Å²) in [4.78, 5) is 59.7. The van der Waals surface area contributed by atoms with E-state index < -0.39 is 12.1 Å². The van der Waals surface area contributed by atoms with Gasteiger partial charge in [-0.3, -0.25) is 19.2 Å². The lowest BCUT2D eigenvalue weighted by atomic mass is 9.99. The van der Waals surface area contributed by atoms with Gasteiger partial charge in [-0.2, -0.15) is 5.10 Å². The average molecular weight is 553 g/mol. The predicted molar refractivity (Wildman–Crippen MR) is 147 cm³/mol. The van der Waals surface area contributed by atoms with Crippen LogP contribution in [0.5, 0.6) is 0 Å². The monoisotopic (exact) mass is 552 g/mol. The van der Waals surface area contributed by atoms with Crippen LogP contribution in [0.4, 0.5) is 0 Å². The van der Waals surface area contributed by atoms with E-state index in [-0.39, 0.29) is 43.0 Å². The van der Waals surface area contributed by atoms with Crippen LogP contribution in [0.3, 0.4) is 0 Å². The molecule has 1 aromatic heterocycles. The quantitative estimate of drug-likeness (QED) is 0.545. The molecule has 0 spiro atoms. The van der Waals surface area contributed by atoms with Crippen LogP contribution in [0, 0.1) is 6.92 Å². The smallest absolute Gasteiger partial charge is 0.305 e. The summed E-state index contributed by atoms with van der Waals surface area (Å²) in [5.74, 6) is 0.557. The molecule has 3 amide bonds. The van der Waals surface area contributed by atoms with Crippen LogP contribution in [-0.2, 0) is 36.9 Å². The highest BCUT2D eigenvalue weighted by Crippen LogP contribution is 2.23. The van der Waals surface area contributed by atoms with Gasteiger partial charge >= 0.3 is 5.97 Å². The lowest BCUT2D eigenvalue weighted by Crippen LogP contribution is -2.53.